The Hall–Kier alpha value is -0.0800. The maximum atomic E-state index is 5.82. The Balaban J connectivity index is 2.56. The second kappa shape index (κ2) is 3.75. The van der Waals surface area contributed by atoms with Crippen LogP contribution in [0.5, 0.6) is 0 Å². The third-order valence-corrected chi connectivity index (χ3v) is 2.56. The minimum absolute atomic E-state index is 0.335. The summed E-state index contributed by atoms with van der Waals surface area (Å²) in [5.41, 5.74) is 0. The third-order valence-electron chi connectivity index (χ3n) is 2.56. The summed E-state index contributed by atoms with van der Waals surface area (Å²) >= 11 is 0. The molecule has 2 heteroatoms. The van der Waals surface area contributed by atoms with Gasteiger partial charge in [-0.15, -0.1) is 0 Å². The van der Waals surface area contributed by atoms with Crippen LogP contribution < -0.4 is 0 Å². The molecule has 1 aliphatic rings. The molecule has 1 saturated heterocycles. The molecule has 0 aromatic heterocycles. The highest BCUT2D eigenvalue weighted by atomic mass is 16.7. The second-order valence-corrected chi connectivity index (χ2v) is 3.80. The van der Waals surface area contributed by atoms with E-state index in [1.807, 2.05) is 6.92 Å². The average molecular weight is 172 g/mol. The van der Waals surface area contributed by atoms with Gasteiger partial charge >= 0.3 is 0 Å². The summed E-state index contributed by atoms with van der Waals surface area (Å²) in [6.07, 6.45) is 3.77. The van der Waals surface area contributed by atoms with Crippen molar-refractivity contribution in [2.75, 3.05) is 0 Å². The van der Waals surface area contributed by atoms with Crippen molar-refractivity contribution in [1.82, 2.24) is 0 Å². The van der Waals surface area contributed by atoms with Gasteiger partial charge in [0.2, 0.25) is 0 Å². The van der Waals surface area contributed by atoms with Gasteiger partial charge in [-0.05, 0) is 33.1 Å². The molecule has 0 amide bonds. The van der Waals surface area contributed by atoms with Gasteiger partial charge in [-0.3, -0.25) is 0 Å². The topological polar surface area (TPSA) is 18.5 Å². The van der Waals surface area contributed by atoms with Gasteiger partial charge in [0.1, 0.15) is 0 Å². The lowest BCUT2D eigenvalue weighted by molar-refractivity contribution is -0.306. The van der Waals surface area contributed by atoms with E-state index in [9.17, 15) is 0 Å². The van der Waals surface area contributed by atoms with Crippen LogP contribution in [0.4, 0.5) is 0 Å². The summed E-state index contributed by atoms with van der Waals surface area (Å²) in [6, 6.07) is 0. The summed E-state index contributed by atoms with van der Waals surface area (Å²) in [6.45, 7) is 8.42. The maximum absolute atomic E-state index is 5.82. The van der Waals surface area contributed by atoms with E-state index in [4.69, 9.17) is 9.47 Å². The highest BCUT2D eigenvalue weighted by Gasteiger charge is 2.34. The van der Waals surface area contributed by atoms with E-state index in [-0.39, 0.29) is 5.79 Å². The van der Waals surface area contributed by atoms with Gasteiger partial charge in [0.25, 0.3) is 0 Å². The van der Waals surface area contributed by atoms with Crippen molar-refractivity contribution in [2.45, 2.75) is 65.0 Å². The molecule has 0 aromatic rings. The molecule has 1 heterocycles. The Morgan fingerprint density at radius 2 is 2.00 bits per heavy atom. The number of hydrogen-bond donors (Lipinski definition) is 0. The van der Waals surface area contributed by atoms with Gasteiger partial charge in [0, 0.05) is 0 Å². The van der Waals surface area contributed by atoms with Crippen LogP contribution in [0.1, 0.15) is 47.0 Å². The molecule has 3 unspecified atom stereocenters. The molecular weight excluding hydrogens is 152 g/mol. The van der Waals surface area contributed by atoms with Crippen molar-refractivity contribution in [3.63, 3.8) is 0 Å². The normalized spacial score (nSPS) is 43.0. The molecule has 0 radical (unpaired) electrons. The molecule has 3 atom stereocenters. The number of ether oxygens (including phenoxy) is 2. The number of hydrogen-bond acceptors (Lipinski definition) is 2. The van der Waals surface area contributed by atoms with Gasteiger partial charge < -0.3 is 9.47 Å². The fourth-order valence-electron chi connectivity index (χ4n) is 1.69. The molecular formula is C10H20O2. The highest BCUT2D eigenvalue weighted by Crippen LogP contribution is 2.30. The zero-order valence-corrected chi connectivity index (χ0v) is 8.59. The van der Waals surface area contributed by atoms with E-state index < -0.39 is 0 Å². The van der Waals surface area contributed by atoms with E-state index in [1.54, 1.807) is 0 Å². The van der Waals surface area contributed by atoms with Crippen LogP contribution in [-0.2, 0) is 9.47 Å². The van der Waals surface area contributed by atoms with Crippen LogP contribution in [0, 0.1) is 0 Å². The largest absolute Gasteiger partial charge is 0.347 e. The molecule has 0 aliphatic carbocycles. The van der Waals surface area contributed by atoms with Crippen LogP contribution in [-0.4, -0.2) is 18.0 Å². The number of rotatable bonds is 2. The first-order valence-corrected chi connectivity index (χ1v) is 4.95. The molecule has 2 nitrogen and oxygen atoms in total. The van der Waals surface area contributed by atoms with Crippen molar-refractivity contribution < 1.29 is 9.47 Å². The molecule has 72 valence electrons. The predicted molar refractivity (Wildman–Crippen MR) is 49.0 cm³/mol. The molecule has 0 bridgehead atoms. The van der Waals surface area contributed by atoms with Crippen LogP contribution in [0.3, 0.4) is 0 Å². The minimum atomic E-state index is -0.335. The van der Waals surface area contributed by atoms with Gasteiger partial charge in [0.15, 0.2) is 5.79 Å². The predicted octanol–water partition coefficient (Wildman–Crippen LogP) is 2.72. The summed E-state index contributed by atoms with van der Waals surface area (Å²) in [4.78, 5) is 0. The van der Waals surface area contributed by atoms with Crippen molar-refractivity contribution in [1.29, 1.82) is 0 Å². The summed E-state index contributed by atoms with van der Waals surface area (Å²) in [5, 5.41) is 0. The Bertz CT molecular complexity index is 147. The van der Waals surface area contributed by atoms with Crippen LogP contribution in [0.15, 0.2) is 0 Å². The van der Waals surface area contributed by atoms with E-state index in [0.717, 1.165) is 19.3 Å². The average Bonchev–Trinajstić information content (AvgIpc) is 2.03. The lowest BCUT2D eigenvalue weighted by Crippen LogP contribution is -2.45. The zero-order valence-electron chi connectivity index (χ0n) is 8.59. The third kappa shape index (κ3) is 2.20. The molecule has 12 heavy (non-hydrogen) atoms. The van der Waals surface area contributed by atoms with Crippen molar-refractivity contribution >= 4 is 0 Å². The van der Waals surface area contributed by atoms with E-state index in [1.165, 1.54) is 0 Å². The van der Waals surface area contributed by atoms with Crippen LogP contribution in [0.25, 0.3) is 0 Å². The Morgan fingerprint density at radius 1 is 1.33 bits per heavy atom. The molecule has 0 saturated carbocycles. The smallest absolute Gasteiger partial charge is 0.165 e. The van der Waals surface area contributed by atoms with Gasteiger partial charge in [-0.2, -0.15) is 0 Å². The molecule has 1 fully saturated rings. The monoisotopic (exact) mass is 172 g/mol. The molecule has 1 rings (SSSR count). The summed E-state index contributed by atoms with van der Waals surface area (Å²) in [7, 11) is 0. The highest BCUT2D eigenvalue weighted by molar-refractivity contribution is 4.74. The van der Waals surface area contributed by atoms with Crippen molar-refractivity contribution in [2.24, 2.45) is 0 Å². The lowest BCUT2D eigenvalue weighted by Gasteiger charge is -2.41. The molecule has 0 spiro atoms. The fraction of sp³-hybridized carbons (Fsp3) is 1.00. The van der Waals surface area contributed by atoms with Crippen molar-refractivity contribution in [3.8, 4) is 0 Å². The van der Waals surface area contributed by atoms with E-state index in [0.29, 0.717) is 12.2 Å². The fourth-order valence-corrected chi connectivity index (χ4v) is 1.69. The lowest BCUT2D eigenvalue weighted by atomic mass is 10.1. The zero-order chi connectivity index (χ0) is 9.19. The summed E-state index contributed by atoms with van der Waals surface area (Å²) < 4.78 is 11.6. The van der Waals surface area contributed by atoms with Crippen molar-refractivity contribution in [3.05, 3.63) is 0 Å². The molecule has 1 aliphatic heterocycles. The Labute approximate surface area is 75.2 Å². The minimum Gasteiger partial charge on any atom is -0.347 e. The SMILES string of the molecule is CCC1CC(C)OC(C)(CC)O1. The van der Waals surface area contributed by atoms with Gasteiger partial charge in [0.05, 0.1) is 12.2 Å². The first kappa shape index (κ1) is 10.0. The Morgan fingerprint density at radius 3 is 2.50 bits per heavy atom. The summed E-state index contributed by atoms with van der Waals surface area (Å²) in [5.74, 6) is -0.335. The second-order valence-electron chi connectivity index (χ2n) is 3.80. The standard InChI is InChI=1S/C10H20O2/c1-5-9-7-8(3)11-10(4,6-2)12-9/h8-9H,5-7H2,1-4H3. The maximum Gasteiger partial charge on any atom is 0.165 e. The quantitative estimate of drug-likeness (QED) is 0.637. The van der Waals surface area contributed by atoms with Gasteiger partial charge in [-0.1, -0.05) is 13.8 Å². The first-order chi connectivity index (χ1) is 5.59. The molecule has 0 aromatic carbocycles. The Kier molecular flexibility index (Phi) is 3.13. The first-order valence-electron chi connectivity index (χ1n) is 4.95. The van der Waals surface area contributed by atoms with Crippen LogP contribution in [0.2, 0.25) is 0 Å². The van der Waals surface area contributed by atoms with Gasteiger partial charge in [-0.25, -0.2) is 0 Å². The molecule has 0 N–H and O–H groups in total. The van der Waals surface area contributed by atoms with E-state index in [2.05, 4.69) is 20.8 Å². The van der Waals surface area contributed by atoms with E-state index >= 15 is 0 Å². The van der Waals surface area contributed by atoms with Crippen LogP contribution >= 0.6 is 0 Å².